The second-order valence-corrected chi connectivity index (χ2v) is 27.3. The number of ether oxygens (including phenoxy) is 1. The number of aromatic amines is 1. The summed E-state index contributed by atoms with van der Waals surface area (Å²) in [4.78, 5) is 275. The molecule has 0 radical (unpaired) electrons. The SMILES string of the molecule is CC(C)CCCCCCCC(=O)N[C@@H](Cc1c[nH]c2ccccc12)C(=O)N[C@H](CC(N)=O)C(=O)N[C@@H](CC(=O)O)C(=O)N[C@@H]1C(=O)NCC(=O)N[C@H](CO)C(=O)N[C@@H](CC(=O)O)C(=O)N[C@H](CO)C(=O)N[C@@H](CC(=O)O)C(=O)NCC(=O)N[C@H](CO)C(=O)N[C@@H]([C@H](C)CC(=O)O)C(=O)N[C@@H](CC(=O)c2ccccc2N)C(=O)O[C@H]1C. The molecule has 1 saturated heterocycles. The van der Waals surface area contributed by atoms with E-state index in [1.54, 1.807) is 30.5 Å². The van der Waals surface area contributed by atoms with Gasteiger partial charge in [0.2, 0.25) is 82.7 Å². The third kappa shape index (κ3) is 32.1. The van der Waals surface area contributed by atoms with Crippen molar-refractivity contribution in [2.75, 3.05) is 38.6 Å². The van der Waals surface area contributed by atoms with Crippen LogP contribution in [0.2, 0.25) is 0 Å². The number of para-hydroxylation sites is 2. The number of carbonyl (C=O) groups excluding carboxylic acids is 16. The molecule has 1 aliphatic rings. The summed E-state index contributed by atoms with van der Waals surface area (Å²) in [5.74, 6) is -30.8. The van der Waals surface area contributed by atoms with Crippen LogP contribution >= 0.6 is 0 Å². The fourth-order valence-electron chi connectivity index (χ4n) is 11.5. The first kappa shape index (κ1) is 94.6. The Morgan fingerprint density at radius 1 is 0.513 bits per heavy atom. The predicted octanol–water partition coefficient (Wildman–Crippen LogP) is -7.15. The number of aliphatic hydroxyl groups is 3. The van der Waals surface area contributed by atoms with Crippen LogP contribution in [0, 0.1) is 11.8 Å². The number of carboxylic acids is 4. The van der Waals surface area contributed by atoms with E-state index in [1.165, 1.54) is 24.3 Å². The summed E-state index contributed by atoms with van der Waals surface area (Å²) in [7, 11) is 0. The van der Waals surface area contributed by atoms with E-state index < -0.39 is 268 Å². The van der Waals surface area contributed by atoms with Gasteiger partial charge in [-0.1, -0.05) is 83.2 Å². The molecule has 115 heavy (non-hydrogen) atoms. The molecule has 0 saturated carbocycles. The smallest absolute Gasteiger partial charge is 0.329 e. The molecule has 14 amide bonds. The monoisotopic (exact) mass is 1620 g/mol. The molecule has 2 heterocycles. The summed E-state index contributed by atoms with van der Waals surface area (Å²) in [6.07, 6.45) is -3.38. The van der Waals surface area contributed by atoms with Crippen LogP contribution in [0.5, 0.6) is 0 Å². The molecular weight excluding hydrogens is 1520 g/mol. The number of primary amides is 1. The molecule has 3 aromatic rings. The van der Waals surface area contributed by atoms with E-state index in [2.05, 4.69) is 50.7 Å². The number of fused-ring (bicyclic) bond motifs is 1. The number of amides is 14. The molecule has 1 fully saturated rings. The van der Waals surface area contributed by atoms with E-state index >= 15 is 0 Å². The van der Waals surface area contributed by atoms with Crippen LogP contribution in [0.15, 0.2) is 54.7 Å². The summed E-state index contributed by atoms with van der Waals surface area (Å²) < 4.78 is 5.63. The minimum absolute atomic E-state index is 0.0331. The number of carboxylic acid groups (broad SMARTS) is 4. The van der Waals surface area contributed by atoms with Gasteiger partial charge in [0, 0.05) is 47.6 Å². The molecule has 13 atom stereocenters. The van der Waals surface area contributed by atoms with E-state index in [9.17, 15) is 132 Å². The Morgan fingerprint density at radius 2 is 1.00 bits per heavy atom. The van der Waals surface area contributed by atoms with Crippen LogP contribution in [-0.2, 0) is 102 Å². The molecule has 1 aromatic heterocycles. The highest BCUT2D eigenvalue weighted by atomic mass is 16.5. The van der Waals surface area contributed by atoms with Gasteiger partial charge in [-0.25, -0.2) is 4.79 Å². The van der Waals surface area contributed by atoms with Gasteiger partial charge in [-0.2, -0.15) is 0 Å². The van der Waals surface area contributed by atoms with Crippen LogP contribution in [0.1, 0.15) is 127 Å². The largest absolute Gasteiger partial charge is 0.481 e. The molecular formula is C71H98N16O28. The number of nitrogens with one attached hydrogen (secondary N) is 14. The maximum atomic E-state index is 14.8. The number of esters is 1. The lowest BCUT2D eigenvalue weighted by Crippen LogP contribution is -2.62. The minimum atomic E-state index is -2.50. The number of H-pyrrole nitrogens is 1. The summed E-state index contributed by atoms with van der Waals surface area (Å²) in [6, 6.07) is -12.0. The molecule has 0 aliphatic carbocycles. The molecule has 2 aromatic carbocycles. The fourth-order valence-corrected chi connectivity index (χ4v) is 11.5. The number of anilines is 1. The van der Waals surface area contributed by atoms with Crippen LogP contribution in [-0.4, -0.2) is 265 Å². The lowest BCUT2D eigenvalue weighted by Gasteiger charge is -2.30. The fraction of sp³-hybridized carbons (Fsp3) is 0.521. The highest BCUT2D eigenvalue weighted by Crippen LogP contribution is 2.22. The number of aromatic nitrogens is 1. The van der Waals surface area contributed by atoms with Crippen molar-refractivity contribution >= 4 is 135 Å². The van der Waals surface area contributed by atoms with Crippen molar-refractivity contribution in [3.63, 3.8) is 0 Å². The zero-order valence-corrected chi connectivity index (χ0v) is 63.1. The number of hydrogen-bond donors (Lipinski definition) is 23. The lowest BCUT2D eigenvalue weighted by atomic mass is 9.96. The van der Waals surface area contributed by atoms with Gasteiger partial charge in [-0.3, -0.25) is 91.1 Å². The first-order valence-corrected chi connectivity index (χ1v) is 36.2. The summed E-state index contributed by atoms with van der Waals surface area (Å²) >= 11 is 0. The zero-order valence-electron chi connectivity index (χ0n) is 63.1. The van der Waals surface area contributed by atoms with E-state index in [0.717, 1.165) is 39.5 Å². The Bertz CT molecular complexity index is 4060. The standard InChI is InChI=1S/C71H98N16O28/c1-33(2)14-8-6-5-7-9-19-52(93)77-41(21-36-27-74-40-18-13-11-15-37(36)40)62(105)80-42(23-51(73)92)63(106)82-45(26-58(102)103)65(108)87-60-35(4)115-71(114)46(22-50(91)38-16-10-12-17-39(38)72)84-70(113)59(34(3)20-55(96)97)86-68(111)48(31-89)79-53(94)28-75-61(104)43(24-56(98)99)81-67(110)49(32-90)85-64(107)44(25-57(100)101)83-66(109)47(30-88)78-54(95)29-76-69(60)112/h10-13,15-18,27,33-35,41-49,59-60,74,88-90H,5-9,14,19-26,28-32,72H2,1-4H3,(H2,73,92)(H,75,104)(H,76,112)(H,77,93)(H,78,95)(H,79,94)(H,80,105)(H,81,110)(H,82,106)(H,83,109)(H,84,113)(H,85,107)(H,86,111)(H,87,108)(H,96,97)(H,98,99)(H,100,101)(H,102,103)/t34-,35+,41+,42-,43+,44+,45+,46+,47-,48-,49-,59+,60+/m1/s1. The van der Waals surface area contributed by atoms with Crippen molar-refractivity contribution in [2.45, 2.75) is 190 Å². The van der Waals surface area contributed by atoms with Crippen LogP contribution in [0.4, 0.5) is 5.69 Å². The number of aliphatic hydroxyl groups excluding tert-OH is 3. The van der Waals surface area contributed by atoms with Gasteiger partial charge in [0.05, 0.1) is 65.0 Å². The third-order valence-electron chi connectivity index (χ3n) is 17.6. The lowest BCUT2D eigenvalue weighted by molar-refractivity contribution is -0.156. The summed E-state index contributed by atoms with van der Waals surface area (Å²) in [5, 5.41) is 97.6. The van der Waals surface area contributed by atoms with Crippen molar-refractivity contribution in [2.24, 2.45) is 17.6 Å². The van der Waals surface area contributed by atoms with Crippen molar-refractivity contribution < 1.29 is 136 Å². The zero-order chi connectivity index (χ0) is 85.9. The van der Waals surface area contributed by atoms with Crippen molar-refractivity contribution in [3.05, 3.63) is 65.9 Å². The molecule has 0 unspecified atom stereocenters. The average Bonchev–Trinajstić information content (AvgIpc) is 1.75. The van der Waals surface area contributed by atoms with Crippen molar-refractivity contribution in [3.8, 4) is 0 Å². The summed E-state index contributed by atoms with van der Waals surface area (Å²) in [6.45, 7) is -0.618. The minimum Gasteiger partial charge on any atom is -0.481 e. The molecule has 44 heteroatoms. The second kappa shape index (κ2) is 46.9. The topological polar surface area (TPSA) is 716 Å². The Balaban J connectivity index is 1.85. The number of Topliss-reactive ketones (excluding diaryl/α,β-unsaturated/α-hetero) is 1. The van der Waals surface area contributed by atoms with Gasteiger partial charge in [0.15, 0.2) is 5.78 Å². The van der Waals surface area contributed by atoms with Crippen LogP contribution in [0.25, 0.3) is 10.9 Å². The van der Waals surface area contributed by atoms with E-state index in [-0.39, 0.29) is 24.1 Å². The van der Waals surface area contributed by atoms with Crippen LogP contribution < -0.4 is 80.6 Å². The number of unbranched alkanes of at least 4 members (excludes halogenated alkanes) is 4. The highest BCUT2D eigenvalue weighted by Gasteiger charge is 2.41. The maximum absolute atomic E-state index is 14.8. The normalized spacial score (nSPS) is 21.2. The quantitative estimate of drug-likeness (QED) is 0.0114. The number of benzene rings is 2. The number of nitrogens with two attached hydrogens (primary N) is 2. The first-order chi connectivity index (χ1) is 54.2. The van der Waals surface area contributed by atoms with Gasteiger partial charge in [0.25, 0.3) is 0 Å². The molecule has 1 aliphatic heterocycles. The number of ketones is 1. The Labute approximate surface area is 655 Å². The molecule has 4 rings (SSSR count). The van der Waals surface area contributed by atoms with Crippen LogP contribution in [0.3, 0.4) is 0 Å². The average molecular weight is 1620 g/mol. The first-order valence-electron chi connectivity index (χ1n) is 36.2. The Hall–Kier alpha value is -12.7. The number of carbonyl (C=O) groups is 20. The maximum Gasteiger partial charge on any atom is 0.329 e. The van der Waals surface area contributed by atoms with Crippen molar-refractivity contribution in [1.29, 1.82) is 0 Å². The number of nitrogen functional groups attached to an aromatic ring is 1. The third-order valence-corrected chi connectivity index (χ3v) is 17.6. The molecule has 25 N–H and O–H groups in total. The second-order valence-electron chi connectivity index (χ2n) is 27.3. The molecule has 630 valence electrons. The number of aliphatic carboxylic acids is 4. The molecule has 0 spiro atoms. The van der Waals surface area contributed by atoms with Gasteiger partial charge in [-0.05, 0) is 48.9 Å². The Kier molecular flexibility index (Phi) is 38.6. The van der Waals surface area contributed by atoms with Gasteiger partial charge in [-0.15, -0.1) is 0 Å². The Morgan fingerprint density at radius 3 is 1.56 bits per heavy atom. The van der Waals surface area contributed by atoms with Gasteiger partial charge in [0.1, 0.15) is 72.6 Å². The van der Waals surface area contributed by atoms with E-state index in [1.807, 2.05) is 37.2 Å². The van der Waals surface area contributed by atoms with E-state index in [0.29, 0.717) is 35.2 Å². The van der Waals surface area contributed by atoms with Crippen molar-refractivity contribution in [1.82, 2.24) is 74.1 Å². The molecule has 44 nitrogen and oxygen atoms in total. The predicted molar refractivity (Wildman–Crippen MR) is 395 cm³/mol. The number of hydrogen-bond acceptors (Lipinski definition) is 25. The number of rotatable bonds is 34. The van der Waals surface area contributed by atoms with E-state index in [4.69, 9.17) is 16.2 Å². The summed E-state index contributed by atoms with van der Waals surface area (Å²) in [5.41, 5.74) is 12.3. The van der Waals surface area contributed by atoms with Gasteiger partial charge < -0.3 is 126 Å². The highest BCUT2D eigenvalue weighted by molar-refractivity contribution is 6.05. The van der Waals surface area contributed by atoms with Gasteiger partial charge >= 0.3 is 29.8 Å². The molecule has 0 bridgehead atoms. The number of cyclic esters (lactones) is 1.